The van der Waals surface area contributed by atoms with E-state index in [-0.39, 0.29) is 11.5 Å². The molecule has 0 unspecified atom stereocenters. The fourth-order valence-electron chi connectivity index (χ4n) is 6.61. The van der Waals surface area contributed by atoms with E-state index in [0.717, 1.165) is 60.9 Å². The van der Waals surface area contributed by atoms with E-state index >= 15 is 0 Å². The third-order valence-corrected chi connectivity index (χ3v) is 10.0. The standard InChI is InChI=1S/C37H39Cl2N5O5/c1-20-17-25(18-21(2)33(20)39)49-14-6-7-26-27-10-11-29(38)32(31-22(3)42-43(5)23(31)4)34(27)41-35(26)36(45)40-24-8-9-28(37(46)47)30(19-24)44-12-15-48-16-13-44/h8-11,17-19,41H,6-7,12-16H2,1-5H3,(H,40,45)(H,46,47). The number of carbonyl (C=O) groups excluding carboxylic acids is 1. The molecule has 5 aromatic rings. The molecule has 1 aliphatic heterocycles. The lowest BCUT2D eigenvalue weighted by molar-refractivity contribution is 0.0696. The Morgan fingerprint density at radius 1 is 1.02 bits per heavy atom. The van der Waals surface area contributed by atoms with Crippen LogP contribution < -0.4 is 15.0 Å². The first-order chi connectivity index (χ1) is 23.4. The lowest BCUT2D eigenvalue weighted by Gasteiger charge is -2.30. The lowest BCUT2D eigenvalue weighted by atomic mass is 9.98. The van der Waals surface area contributed by atoms with Crippen molar-refractivity contribution >= 4 is 57.4 Å². The highest BCUT2D eigenvalue weighted by Crippen LogP contribution is 2.40. The van der Waals surface area contributed by atoms with E-state index in [1.165, 1.54) is 6.07 Å². The Labute approximate surface area is 294 Å². The molecule has 1 aliphatic rings. The zero-order valence-corrected chi connectivity index (χ0v) is 29.7. The Kier molecular flexibility index (Phi) is 9.92. The highest BCUT2D eigenvalue weighted by atomic mass is 35.5. The van der Waals surface area contributed by atoms with Crippen LogP contribution in [-0.2, 0) is 18.2 Å². The second-order valence-electron chi connectivity index (χ2n) is 12.4. The monoisotopic (exact) mass is 703 g/mol. The van der Waals surface area contributed by atoms with Crippen LogP contribution in [0.3, 0.4) is 0 Å². The van der Waals surface area contributed by atoms with Gasteiger partial charge in [0.1, 0.15) is 11.4 Å². The molecule has 10 nitrogen and oxygen atoms in total. The zero-order chi connectivity index (χ0) is 35.0. The van der Waals surface area contributed by atoms with Gasteiger partial charge in [0, 0.05) is 53.1 Å². The summed E-state index contributed by atoms with van der Waals surface area (Å²) in [4.78, 5) is 31.6. The Morgan fingerprint density at radius 3 is 2.39 bits per heavy atom. The van der Waals surface area contributed by atoms with Crippen LogP contribution in [0, 0.1) is 27.7 Å². The summed E-state index contributed by atoms with van der Waals surface area (Å²) in [7, 11) is 1.89. The number of amides is 1. The third kappa shape index (κ3) is 6.86. The van der Waals surface area contributed by atoms with Crippen molar-refractivity contribution in [1.82, 2.24) is 14.8 Å². The molecule has 12 heteroatoms. The molecule has 3 heterocycles. The number of rotatable bonds is 10. The van der Waals surface area contributed by atoms with Gasteiger partial charge in [-0.25, -0.2) is 4.79 Å². The molecule has 1 fully saturated rings. The minimum absolute atomic E-state index is 0.166. The molecule has 1 amide bonds. The summed E-state index contributed by atoms with van der Waals surface area (Å²) in [6.45, 7) is 10.4. The first-order valence-electron chi connectivity index (χ1n) is 16.2. The number of aromatic nitrogens is 3. The molecule has 3 aromatic carbocycles. The maximum atomic E-state index is 14.2. The fraction of sp³-hybridized carbons (Fsp3) is 0.324. The number of H-pyrrole nitrogens is 1. The Morgan fingerprint density at radius 2 is 1.73 bits per heavy atom. The summed E-state index contributed by atoms with van der Waals surface area (Å²) in [6, 6.07) is 12.5. The summed E-state index contributed by atoms with van der Waals surface area (Å²) < 4.78 is 13.4. The molecular weight excluding hydrogens is 665 g/mol. The number of benzene rings is 3. The summed E-state index contributed by atoms with van der Waals surface area (Å²) in [5.41, 5.74) is 8.51. The average molecular weight is 705 g/mol. The normalized spacial score (nSPS) is 13.2. The Hall–Kier alpha value is -4.51. The van der Waals surface area contributed by atoms with Crippen molar-refractivity contribution in [3.8, 4) is 16.9 Å². The summed E-state index contributed by atoms with van der Waals surface area (Å²) in [5.74, 6) is -0.642. The second kappa shape index (κ2) is 14.2. The first-order valence-corrected chi connectivity index (χ1v) is 16.9. The van der Waals surface area contributed by atoms with Crippen molar-refractivity contribution in [3.05, 3.63) is 91.8 Å². The Bertz CT molecular complexity index is 2060. The summed E-state index contributed by atoms with van der Waals surface area (Å²) in [5, 5.41) is 19.7. The molecule has 3 N–H and O–H groups in total. The van der Waals surface area contributed by atoms with Crippen LogP contribution in [0.2, 0.25) is 10.0 Å². The van der Waals surface area contributed by atoms with Gasteiger partial charge in [0.2, 0.25) is 0 Å². The van der Waals surface area contributed by atoms with E-state index < -0.39 is 5.97 Å². The molecule has 0 aliphatic carbocycles. The van der Waals surface area contributed by atoms with Gasteiger partial charge in [-0.3, -0.25) is 9.48 Å². The van der Waals surface area contributed by atoms with Crippen molar-refractivity contribution in [2.45, 2.75) is 40.5 Å². The van der Waals surface area contributed by atoms with E-state index in [4.69, 9.17) is 32.7 Å². The number of halogens is 2. The number of aromatic carboxylic acids is 1. The molecule has 0 bridgehead atoms. The van der Waals surface area contributed by atoms with Crippen LogP contribution >= 0.6 is 23.2 Å². The van der Waals surface area contributed by atoms with Gasteiger partial charge < -0.3 is 29.8 Å². The third-order valence-electron chi connectivity index (χ3n) is 9.11. The van der Waals surface area contributed by atoms with E-state index in [0.29, 0.717) is 67.8 Å². The van der Waals surface area contributed by atoms with E-state index in [1.807, 2.05) is 68.6 Å². The molecule has 0 radical (unpaired) electrons. The molecular formula is C37H39Cl2N5O5. The highest BCUT2D eigenvalue weighted by molar-refractivity contribution is 6.35. The number of nitrogens with zero attached hydrogens (tertiary/aromatic N) is 3. The number of hydrogen-bond donors (Lipinski definition) is 3. The largest absolute Gasteiger partial charge is 0.494 e. The van der Waals surface area contributed by atoms with Crippen molar-refractivity contribution in [2.24, 2.45) is 7.05 Å². The molecule has 49 heavy (non-hydrogen) atoms. The quantitative estimate of drug-likeness (QED) is 0.126. The number of aryl methyl sites for hydroxylation is 5. The number of anilines is 2. The number of hydrogen-bond acceptors (Lipinski definition) is 6. The Balaban J connectivity index is 1.37. The number of aromatic amines is 1. The smallest absolute Gasteiger partial charge is 0.337 e. The number of fused-ring (bicyclic) bond motifs is 1. The molecule has 256 valence electrons. The molecule has 1 saturated heterocycles. The fourth-order valence-corrected chi connectivity index (χ4v) is 6.97. The minimum atomic E-state index is -1.03. The van der Waals surface area contributed by atoms with Gasteiger partial charge >= 0.3 is 5.97 Å². The van der Waals surface area contributed by atoms with Crippen LogP contribution in [0.4, 0.5) is 11.4 Å². The van der Waals surface area contributed by atoms with Crippen molar-refractivity contribution < 1.29 is 24.2 Å². The second-order valence-corrected chi connectivity index (χ2v) is 13.2. The number of carbonyl (C=O) groups is 2. The molecule has 0 atom stereocenters. The maximum Gasteiger partial charge on any atom is 0.337 e. The van der Waals surface area contributed by atoms with Crippen LogP contribution in [0.15, 0.2) is 42.5 Å². The van der Waals surface area contributed by atoms with Crippen LogP contribution in [0.1, 0.15) is 55.3 Å². The minimum Gasteiger partial charge on any atom is -0.494 e. The van der Waals surface area contributed by atoms with Gasteiger partial charge in [-0.1, -0.05) is 29.3 Å². The van der Waals surface area contributed by atoms with Gasteiger partial charge in [0.25, 0.3) is 5.91 Å². The van der Waals surface area contributed by atoms with Crippen molar-refractivity contribution in [2.75, 3.05) is 43.1 Å². The van der Waals surface area contributed by atoms with Gasteiger partial charge in [-0.2, -0.15) is 5.10 Å². The van der Waals surface area contributed by atoms with Gasteiger partial charge in [0.15, 0.2) is 0 Å². The van der Waals surface area contributed by atoms with Gasteiger partial charge in [-0.15, -0.1) is 0 Å². The number of carboxylic acids is 1. The van der Waals surface area contributed by atoms with Gasteiger partial charge in [0.05, 0.1) is 47.3 Å². The van der Waals surface area contributed by atoms with E-state index in [2.05, 4.69) is 15.4 Å². The number of carboxylic acid groups (broad SMARTS) is 1. The topological polar surface area (TPSA) is 122 Å². The zero-order valence-electron chi connectivity index (χ0n) is 28.2. The van der Waals surface area contributed by atoms with E-state index in [1.54, 1.807) is 12.1 Å². The molecule has 0 saturated carbocycles. The number of morpholine rings is 1. The molecule has 6 rings (SSSR count). The maximum absolute atomic E-state index is 14.2. The predicted molar refractivity (Wildman–Crippen MR) is 194 cm³/mol. The number of ether oxygens (including phenoxy) is 2. The van der Waals surface area contributed by atoms with Crippen molar-refractivity contribution in [1.29, 1.82) is 0 Å². The number of nitrogens with one attached hydrogen (secondary N) is 2. The van der Waals surface area contributed by atoms with Crippen LogP contribution in [0.5, 0.6) is 5.75 Å². The molecule has 2 aromatic heterocycles. The highest BCUT2D eigenvalue weighted by Gasteiger charge is 2.25. The predicted octanol–water partition coefficient (Wildman–Crippen LogP) is 7.91. The first kappa shape index (κ1) is 34.4. The summed E-state index contributed by atoms with van der Waals surface area (Å²) >= 11 is 13.2. The van der Waals surface area contributed by atoms with Gasteiger partial charge in [-0.05, 0) is 93.6 Å². The van der Waals surface area contributed by atoms with E-state index in [9.17, 15) is 14.7 Å². The molecule has 0 spiro atoms. The lowest BCUT2D eigenvalue weighted by Crippen LogP contribution is -2.37. The average Bonchev–Trinajstić information content (AvgIpc) is 3.57. The SMILES string of the molecule is Cc1cc(OCCCc2c(C(=O)Nc3ccc(C(=O)O)c(N4CCOCC4)c3)[nH]c3c(-c4c(C)nn(C)c4C)c(Cl)ccc23)cc(C)c1Cl. The van der Waals surface area contributed by atoms with Crippen molar-refractivity contribution in [3.63, 3.8) is 0 Å². The van der Waals surface area contributed by atoms with Crippen LogP contribution in [0.25, 0.3) is 22.0 Å². The van der Waals surface area contributed by atoms with Crippen LogP contribution in [-0.4, -0.2) is 64.7 Å². The summed E-state index contributed by atoms with van der Waals surface area (Å²) in [6.07, 6.45) is 1.17.